The summed E-state index contributed by atoms with van der Waals surface area (Å²) in [4.78, 5) is 18.8. The third-order valence-corrected chi connectivity index (χ3v) is 4.59. The SMILES string of the molecule is Nc1nc(NC2CC2)sc1C(=O)N1CCCC1CO. The lowest BCUT2D eigenvalue weighted by atomic mass is 10.2. The maximum absolute atomic E-state index is 12.4. The van der Waals surface area contributed by atoms with E-state index < -0.39 is 0 Å². The number of aliphatic hydroxyl groups is 1. The second-order valence-electron chi connectivity index (χ2n) is 5.13. The van der Waals surface area contributed by atoms with Crippen molar-refractivity contribution in [2.45, 2.75) is 37.8 Å². The van der Waals surface area contributed by atoms with Gasteiger partial charge in [0, 0.05) is 12.6 Å². The van der Waals surface area contributed by atoms with E-state index in [0.717, 1.165) is 30.8 Å². The number of anilines is 2. The molecule has 0 spiro atoms. The molecule has 104 valence electrons. The van der Waals surface area contributed by atoms with Crippen molar-refractivity contribution in [2.75, 3.05) is 24.2 Å². The number of thiazole rings is 1. The van der Waals surface area contributed by atoms with E-state index in [-0.39, 0.29) is 18.6 Å². The Hall–Kier alpha value is -1.34. The molecule has 0 radical (unpaired) electrons. The number of carbonyl (C=O) groups excluding carboxylic acids is 1. The highest BCUT2D eigenvalue weighted by atomic mass is 32.1. The van der Waals surface area contributed by atoms with Crippen molar-refractivity contribution in [2.24, 2.45) is 0 Å². The van der Waals surface area contributed by atoms with Crippen molar-refractivity contribution < 1.29 is 9.90 Å². The number of nitrogen functional groups attached to an aromatic ring is 1. The van der Waals surface area contributed by atoms with Crippen LogP contribution in [0.1, 0.15) is 35.4 Å². The Morgan fingerprint density at radius 3 is 3.00 bits per heavy atom. The van der Waals surface area contributed by atoms with E-state index in [1.165, 1.54) is 11.3 Å². The molecule has 1 unspecified atom stereocenters. The molecule has 0 aromatic carbocycles. The van der Waals surface area contributed by atoms with Gasteiger partial charge in [0.25, 0.3) is 5.91 Å². The molecule has 2 fully saturated rings. The summed E-state index contributed by atoms with van der Waals surface area (Å²) >= 11 is 1.32. The first-order valence-corrected chi connectivity index (χ1v) is 7.45. The molecule has 0 bridgehead atoms. The number of aliphatic hydroxyl groups excluding tert-OH is 1. The molecule has 1 saturated heterocycles. The number of carbonyl (C=O) groups is 1. The fourth-order valence-electron chi connectivity index (χ4n) is 2.37. The average molecular weight is 282 g/mol. The number of nitrogens with one attached hydrogen (secondary N) is 1. The highest BCUT2D eigenvalue weighted by Gasteiger charge is 2.32. The summed E-state index contributed by atoms with van der Waals surface area (Å²) in [6, 6.07) is 0.416. The highest BCUT2D eigenvalue weighted by Crippen LogP contribution is 2.32. The van der Waals surface area contributed by atoms with E-state index >= 15 is 0 Å². The van der Waals surface area contributed by atoms with Crippen LogP contribution >= 0.6 is 11.3 Å². The molecule has 3 rings (SSSR count). The Balaban J connectivity index is 1.76. The van der Waals surface area contributed by atoms with Gasteiger partial charge in [-0.2, -0.15) is 0 Å². The quantitative estimate of drug-likeness (QED) is 0.763. The van der Waals surface area contributed by atoms with Crippen LogP contribution < -0.4 is 11.1 Å². The number of amides is 1. The van der Waals surface area contributed by atoms with E-state index in [2.05, 4.69) is 10.3 Å². The fourth-order valence-corrected chi connectivity index (χ4v) is 3.29. The summed E-state index contributed by atoms with van der Waals surface area (Å²) in [5.74, 6) is 0.192. The van der Waals surface area contributed by atoms with Crippen LogP contribution in [0.15, 0.2) is 0 Å². The second-order valence-corrected chi connectivity index (χ2v) is 6.13. The van der Waals surface area contributed by atoms with E-state index in [0.29, 0.717) is 23.3 Å². The molecule has 2 heterocycles. The van der Waals surface area contributed by atoms with Crippen LogP contribution in [0.5, 0.6) is 0 Å². The summed E-state index contributed by atoms with van der Waals surface area (Å²) in [6.45, 7) is 0.699. The van der Waals surface area contributed by atoms with Gasteiger partial charge in [0.2, 0.25) is 0 Å². The third kappa shape index (κ3) is 2.52. The minimum Gasteiger partial charge on any atom is -0.394 e. The summed E-state index contributed by atoms with van der Waals surface area (Å²) in [5, 5.41) is 13.3. The van der Waals surface area contributed by atoms with E-state index in [4.69, 9.17) is 5.73 Å². The summed E-state index contributed by atoms with van der Waals surface area (Å²) in [6.07, 6.45) is 4.10. The van der Waals surface area contributed by atoms with Crippen molar-refractivity contribution in [1.82, 2.24) is 9.88 Å². The molecule has 1 aromatic rings. The first-order chi connectivity index (χ1) is 9.19. The Morgan fingerprint density at radius 2 is 2.32 bits per heavy atom. The zero-order valence-electron chi connectivity index (χ0n) is 10.6. The first kappa shape index (κ1) is 12.7. The number of nitrogens with two attached hydrogens (primary N) is 1. The molecule has 7 heteroatoms. The largest absolute Gasteiger partial charge is 0.394 e. The molecule has 2 aliphatic rings. The van der Waals surface area contributed by atoms with Gasteiger partial charge in [-0.1, -0.05) is 11.3 Å². The molecule has 1 amide bonds. The predicted molar refractivity (Wildman–Crippen MR) is 74.3 cm³/mol. The molecular weight excluding hydrogens is 264 g/mol. The van der Waals surface area contributed by atoms with Gasteiger partial charge in [0.15, 0.2) is 5.13 Å². The van der Waals surface area contributed by atoms with Crippen molar-refractivity contribution in [1.29, 1.82) is 0 Å². The zero-order valence-corrected chi connectivity index (χ0v) is 11.4. The number of nitrogens with zero attached hydrogens (tertiary/aromatic N) is 2. The fraction of sp³-hybridized carbons (Fsp3) is 0.667. The molecule has 1 aromatic heterocycles. The maximum Gasteiger partial charge on any atom is 0.268 e. The van der Waals surface area contributed by atoms with Gasteiger partial charge in [-0.3, -0.25) is 4.79 Å². The van der Waals surface area contributed by atoms with Crippen molar-refractivity contribution in [3.63, 3.8) is 0 Å². The van der Waals surface area contributed by atoms with Crippen LogP contribution in [0.4, 0.5) is 10.9 Å². The van der Waals surface area contributed by atoms with E-state index in [9.17, 15) is 9.90 Å². The third-order valence-electron chi connectivity index (χ3n) is 3.60. The normalized spacial score (nSPS) is 22.8. The van der Waals surface area contributed by atoms with E-state index in [1.807, 2.05) is 0 Å². The highest BCUT2D eigenvalue weighted by molar-refractivity contribution is 7.18. The Morgan fingerprint density at radius 1 is 1.53 bits per heavy atom. The van der Waals surface area contributed by atoms with Crippen molar-refractivity contribution >= 4 is 28.2 Å². The molecule has 19 heavy (non-hydrogen) atoms. The smallest absolute Gasteiger partial charge is 0.268 e. The van der Waals surface area contributed by atoms with Crippen molar-refractivity contribution in [3.05, 3.63) is 4.88 Å². The van der Waals surface area contributed by atoms with Gasteiger partial charge in [-0.25, -0.2) is 4.98 Å². The first-order valence-electron chi connectivity index (χ1n) is 6.63. The minimum atomic E-state index is -0.101. The molecule has 4 N–H and O–H groups in total. The topological polar surface area (TPSA) is 91.5 Å². The molecule has 6 nitrogen and oxygen atoms in total. The monoisotopic (exact) mass is 282 g/mol. The average Bonchev–Trinajstić information content (AvgIpc) is 2.95. The standard InChI is InChI=1S/C12H18N4O2S/c13-10-9(19-12(15-10)14-7-3-4-7)11(18)16-5-1-2-8(16)6-17/h7-8,17H,1-6,13H2,(H,14,15). The molecule has 1 saturated carbocycles. The van der Waals surface area contributed by atoms with Gasteiger partial charge in [0.1, 0.15) is 10.7 Å². The zero-order chi connectivity index (χ0) is 13.4. The Bertz CT molecular complexity index is 486. The van der Waals surface area contributed by atoms with Crippen LogP contribution in [0.25, 0.3) is 0 Å². The van der Waals surface area contributed by atoms with Gasteiger partial charge in [0.05, 0.1) is 12.6 Å². The number of hydrogen-bond acceptors (Lipinski definition) is 6. The van der Waals surface area contributed by atoms with Gasteiger partial charge in [-0.15, -0.1) is 0 Å². The summed E-state index contributed by atoms with van der Waals surface area (Å²) in [5.41, 5.74) is 5.84. The molecule has 1 atom stereocenters. The number of aromatic nitrogens is 1. The second kappa shape index (κ2) is 4.97. The van der Waals surface area contributed by atoms with Crippen molar-refractivity contribution in [3.8, 4) is 0 Å². The maximum atomic E-state index is 12.4. The number of likely N-dealkylation sites (tertiary alicyclic amines) is 1. The number of hydrogen-bond donors (Lipinski definition) is 3. The van der Waals surface area contributed by atoms with E-state index in [1.54, 1.807) is 4.90 Å². The van der Waals surface area contributed by atoms with Gasteiger partial charge < -0.3 is 21.1 Å². The molecule has 1 aliphatic carbocycles. The van der Waals surface area contributed by atoms with Crippen LogP contribution in [-0.2, 0) is 0 Å². The molecule has 1 aliphatic heterocycles. The Kier molecular flexibility index (Phi) is 3.32. The van der Waals surface area contributed by atoms with Crippen LogP contribution in [0, 0.1) is 0 Å². The van der Waals surface area contributed by atoms with Gasteiger partial charge in [-0.05, 0) is 25.7 Å². The van der Waals surface area contributed by atoms with Crippen LogP contribution in [0.2, 0.25) is 0 Å². The summed E-state index contributed by atoms with van der Waals surface area (Å²) in [7, 11) is 0. The molecular formula is C12H18N4O2S. The number of rotatable bonds is 4. The van der Waals surface area contributed by atoms with Gasteiger partial charge >= 0.3 is 0 Å². The minimum absolute atomic E-state index is 0.0115. The summed E-state index contributed by atoms with van der Waals surface area (Å²) < 4.78 is 0. The lowest BCUT2D eigenvalue weighted by Gasteiger charge is -2.22. The Labute approximate surface area is 115 Å². The van der Waals surface area contributed by atoms with Crippen LogP contribution in [0.3, 0.4) is 0 Å². The lowest BCUT2D eigenvalue weighted by molar-refractivity contribution is 0.0683. The predicted octanol–water partition coefficient (Wildman–Crippen LogP) is 0.897. The van der Waals surface area contributed by atoms with Crippen LogP contribution in [-0.4, -0.2) is 46.1 Å². The lowest BCUT2D eigenvalue weighted by Crippen LogP contribution is -2.37.